The predicted molar refractivity (Wildman–Crippen MR) is 94.0 cm³/mol. The smallest absolute Gasteiger partial charge is 0.244 e. The number of nitrogens with one attached hydrogen (secondary N) is 1. The molecular formula is C15H28Cl2N4O. The van der Waals surface area contributed by atoms with Gasteiger partial charge in [0.1, 0.15) is 6.54 Å². The highest BCUT2D eigenvalue weighted by Gasteiger charge is 2.22. The highest BCUT2D eigenvalue weighted by molar-refractivity contribution is 5.85. The van der Waals surface area contributed by atoms with Crippen molar-refractivity contribution in [3.8, 4) is 0 Å². The lowest BCUT2D eigenvalue weighted by molar-refractivity contribution is -0.133. The summed E-state index contributed by atoms with van der Waals surface area (Å²) in [7, 11) is 0. The molecule has 1 aliphatic heterocycles. The summed E-state index contributed by atoms with van der Waals surface area (Å²) in [5.74, 6) is 0.908. The molecule has 0 aromatic carbocycles. The van der Waals surface area contributed by atoms with Crippen molar-refractivity contribution in [1.29, 1.82) is 0 Å². The Hall–Kier alpha value is -0.780. The second-order valence-electron chi connectivity index (χ2n) is 5.72. The van der Waals surface area contributed by atoms with Crippen LogP contribution in [-0.4, -0.2) is 46.8 Å². The van der Waals surface area contributed by atoms with Gasteiger partial charge in [0.2, 0.25) is 5.91 Å². The molecule has 0 atom stereocenters. The fourth-order valence-electron chi connectivity index (χ4n) is 2.80. The third-order valence-corrected chi connectivity index (χ3v) is 4.04. The van der Waals surface area contributed by atoms with E-state index < -0.39 is 0 Å². The molecule has 0 aliphatic carbocycles. The Morgan fingerprint density at radius 1 is 1.32 bits per heavy atom. The van der Waals surface area contributed by atoms with Crippen LogP contribution in [-0.2, 0) is 11.3 Å². The first kappa shape index (κ1) is 21.2. The summed E-state index contributed by atoms with van der Waals surface area (Å²) >= 11 is 0. The summed E-state index contributed by atoms with van der Waals surface area (Å²) in [5, 5.41) is 7.75. The Bertz CT molecular complexity index is 456. The van der Waals surface area contributed by atoms with E-state index in [0.29, 0.717) is 12.5 Å². The maximum absolute atomic E-state index is 12.3. The topological polar surface area (TPSA) is 50.2 Å². The lowest BCUT2D eigenvalue weighted by Gasteiger charge is -2.32. The first-order valence-corrected chi connectivity index (χ1v) is 7.59. The van der Waals surface area contributed by atoms with E-state index in [1.54, 1.807) is 0 Å². The minimum Gasteiger partial charge on any atom is -0.341 e. The first-order chi connectivity index (χ1) is 9.60. The molecule has 1 fully saturated rings. The van der Waals surface area contributed by atoms with Crippen LogP contribution in [0.4, 0.5) is 0 Å². The molecule has 1 amide bonds. The number of aromatic nitrogens is 2. The summed E-state index contributed by atoms with van der Waals surface area (Å²) in [6.07, 6.45) is 2.21. The highest BCUT2D eigenvalue weighted by atomic mass is 35.5. The van der Waals surface area contributed by atoms with Crippen molar-refractivity contribution in [3.63, 3.8) is 0 Å². The minimum atomic E-state index is 0. The Morgan fingerprint density at radius 3 is 2.45 bits per heavy atom. The molecule has 0 spiro atoms. The Balaban J connectivity index is 0.00000220. The molecule has 1 saturated heterocycles. The largest absolute Gasteiger partial charge is 0.341 e. The quantitative estimate of drug-likeness (QED) is 0.885. The molecule has 2 heterocycles. The lowest BCUT2D eigenvalue weighted by Crippen LogP contribution is -2.42. The van der Waals surface area contributed by atoms with Crippen LogP contribution in [0.1, 0.15) is 31.2 Å². The third-order valence-electron chi connectivity index (χ3n) is 4.04. The number of rotatable bonds is 5. The second kappa shape index (κ2) is 10.1. The molecule has 1 aromatic rings. The van der Waals surface area contributed by atoms with E-state index in [9.17, 15) is 4.79 Å². The third kappa shape index (κ3) is 5.78. The second-order valence-corrected chi connectivity index (χ2v) is 5.72. The molecule has 5 nitrogen and oxygen atoms in total. The van der Waals surface area contributed by atoms with E-state index >= 15 is 0 Å². The average Bonchev–Trinajstić information content (AvgIpc) is 2.75. The minimum absolute atomic E-state index is 0. The zero-order valence-corrected chi connectivity index (χ0v) is 15.3. The summed E-state index contributed by atoms with van der Waals surface area (Å²) in [6.45, 7) is 10.3. The highest BCUT2D eigenvalue weighted by Crippen LogP contribution is 2.17. The van der Waals surface area contributed by atoms with E-state index in [0.717, 1.165) is 50.4 Å². The van der Waals surface area contributed by atoms with Crippen LogP contribution in [0.2, 0.25) is 0 Å². The molecule has 128 valence electrons. The molecule has 1 aliphatic rings. The standard InChI is InChI=1S/C15H26N4O.2ClH/c1-4-16-10-14-5-7-18(8-6-14)15(20)11-19-13(3)9-12(2)17-19;;/h9,14,16H,4-8,10-11H2,1-3H3;2*1H. The van der Waals surface area contributed by atoms with Crippen molar-refractivity contribution in [2.75, 3.05) is 26.2 Å². The van der Waals surface area contributed by atoms with Gasteiger partial charge in [0, 0.05) is 18.8 Å². The number of halogens is 2. The van der Waals surface area contributed by atoms with E-state index in [4.69, 9.17) is 0 Å². The first-order valence-electron chi connectivity index (χ1n) is 7.59. The van der Waals surface area contributed by atoms with Gasteiger partial charge in [-0.05, 0) is 51.8 Å². The molecule has 0 unspecified atom stereocenters. The number of likely N-dealkylation sites (tertiary alicyclic amines) is 1. The number of carbonyl (C=O) groups is 1. The summed E-state index contributed by atoms with van der Waals surface area (Å²) in [5.41, 5.74) is 2.03. The number of hydrogen-bond donors (Lipinski definition) is 1. The number of amides is 1. The van der Waals surface area contributed by atoms with Crippen LogP contribution in [0.3, 0.4) is 0 Å². The lowest BCUT2D eigenvalue weighted by atomic mass is 9.97. The van der Waals surface area contributed by atoms with Gasteiger partial charge in [0.05, 0.1) is 5.69 Å². The van der Waals surface area contributed by atoms with Crippen molar-refractivity contribution in [1.82, 2.24) is 20.0 Å². The zero-order chi connectivity index (χ0) is 14.5. The summed E-state index contributed by atoms with van der Waals surface area (Å²) in [6, 6.07) is 2.01. The SMILES string of the molecule is CCNCC1CCN(C(=O)Cn2nc(C)cc2C)CC1.Cl.Cl. The van der Waals surface area contributed by atoms with Gasteiger partial charge in [0.25, 0.3) is 0 Å². The van der Waals surface area contributed by atoms with Crippen LogP contribution in [0.15, 0.2) is 6.07 Å². The number of aryl methyl sites for hydroxylation is 2. The molecule has 1 aromatic heterocycles. The number of hydrogen-bond acceptors (Lipinski definition) is 3. The van der Waals surface area contributed by atoms with Gasteiger partial charge >= 0.3 is 0 Å². The van der Waals surface area contributed by atoms with Crippen molar-refractivity contribution >= 4 is 30.7 Å². The van der Waals surface area contributed by atoms with Crippen molar-refractivity contribution in [2.24, 2.45) is 5.92 Å². The Kier molecular flexibility index (Phi) is 9.72. The fourth-order valence-corrected chi connectivity index (χ4v) is 2.80. The molecule has 1 N–H and O–H groups in total. The van der Waals surface area contributed by atoms with Gasteiger partial charge in [-0.25, -0.2) is 0 Å². The molecular weight excluding hydrogens is 323 g/mol. The van der Waals surface area contributed by atoms with Crippen LogP contribution < -0.4 is 5.32 Å². The Morgan fingerprint density at radius 2 is 1.95 bits per heavy atom. The van der Waals surface area contributed by atoms with Crippen molar-refractivity contribution < 1.29 is 4.79 Å². The molecule has 7 heteroatoms. The van der Waals surface area contributed by atoms with Crippen LogP contribution >= 0.6 is 24.8 Å². The molecule has 0 saturated carbocycles. The molecule has 0 bridgehead atoms. The fraction of sp³-hybridized carbons (Fsp3) is 0.733. The van der Waals surface area contributed by atoms with Crippen molar-refractivity contribution in [3.05, 3.63) is 17.5 Å². The average molecular weight is 351 g/mol. The van der Waals surface area contributed by atoms with E-state index in [2.05, 4.69) is 17.3 Å². The van der Waals surface area contributed by atoms with Crippen LogP contribution in [0.25, 0.3) is 0 Å². The van der Waals surface area contributed by atoms with Gasteiger partial charge in [0.15, 0.2) is 0 Å². The van der Waals surface area contributed by atoms with Gasteiger partial charge in [-0.15, -0.1) is 24.8 Å². The number of piperidine rings is 1. The molecule has 2 rings (SSSR count). The Labute approximate surface area is 145 Å². The monoisotopic (exact) mass is 350 g/mol. The van der Waals surface area contributed by atoms with Gasteiger partial charge < -0.3 is 10.2 Å². The predicted octanol–water partition coefficient (Wildman–Crippen LogP) is 2.19. The molecule has 0 radical (unpaired) electrons. The van der Waals surface area contributed by atoms with Crippen LogP contribution in [0, 0.1) is 19.8 Å². The maximum atomic E-state index is 12.3. The van der Waals surface area contributed by atoms with Crippen molar-refractivity contribution in [2.45, 2.75) is 40.2 Å². The van der Waals surface area contributed by atoms with Gasteiger partial charge in [-0.1, -0.05) is 6.92 Å². The normalized spacial score (nSPS) is 15.1. The molecule has 22 heavy (non-hydrogen) atoms. The summed E-state index contributed by atoms with van der Waals surface area (Å²) < 4.78 is 1.81. The van der Waals surface area contributed by atoms with Gasteiger partial charge in [-0.2, -0.15) is 5.10 Å². The maximum Gasteiger partial charge on any atom is 0.244 e. The number of nitrogens with zero attached hydrogens (tertiary/aromatic N) is 3. The number of carbonyl (C=O) groups excluding carboxylic acids is 1. The van der Waals surface area contributed by atoms with E-state index in [-0.39, 0.29) is 30.7 Å². The van der Waals surface area contributed by atoms with Gasteiger partial charge in [-0.3, -0.25) is 9.48 Å². The van der Waals surface area contributed by atoms with Crippen LogP contribution in [0.5, 0.6) is 0 Å². The summed E-state index contributed by atoms with van der Waals surface area (Å²) in [4.78, 5) is 14.3. The van der Waals surface area contributed by atoms with E-state index in [1.807, 2.05) is 29.5 Å². The zero-order valence-electron chi connectivity index (χ0n) is 13.7. The van der Waals surface area contributed by atoms with E-state index in [1.165, 1.54) is 0 Å².